The molecule has 0 spiro atoms. The fourth-order valence-corrected chi connectivity index (χ4v) is 2.60. The molecule has 2 rings (SSSR count). The Morgan fingerprint density at radius 3 is 2.20 bits per heavy atom. The van der Waals surface area contributed by atoms with Gasteiger partial charge in [-0.1, -0.05) is 44.2 Å². The molecule has 1 amide bonds. The third-order valence-corrected chi connectivity index (χ3v) is 3.80. The van der Waals surface area contributed by atoms with E-state index in [1.165, 1.54) is 12.4 Å². The first-order valence-corrected chi connectivity index (χ1v) is 7.94. The fraction of sp³-hybridized carbons (Fsp3) is 0.263. The summed E-state index contributed by atoms with van der Waals surface area (Å²) in [5.41, 5.74) is 0.676. The van der Waals surface area contributed by atoms with Gasteiger partial charge in [-0.25, -0.2) is 4.79 Å². The van der Waals surface area contributed by atoms with Crippen LogP contribution in [0.5, 0.6) is 0 Å². The highest BCUT2D eigenvalue weighted by Crippen LogP contribution is 2.16. The monoisotopic (exact) mass is 340 g/mol. The fourth-order valence-electron chi connectivity index (χ4n) is 2.60. The molecule has 0 aliphatic carbocycles. The quantitative estimate of drug-likeness (QED) is 0.783. The number of hydrogen-bond donors (Lipinski definition) is 1. The Kier molecular flexibility index (Phi) is 6.00. The zero-order chi connectivity index (χ0) is 18.4. The number of benzene rings is 1. The van der Waals surface area contributed by atoms with Gasteiger partial charge < -0.3 is 10.0 Å². The van der Waals surface area contributed by atoms with Gasteiger partial charge in [0.05, 0.1) is 12.1 Å². The Labute approximate surface area is 146 Å². The van der Waals surface area contributed by atoms with E-state index in [0.717, 1.165) is 4.90 Å². The van der Waals surface area contributed by atoms with Gasteiger partial charge >= 0.3 is 5.97 Å². The lowest BCUT2D eigenvalue weighted by Crippen LogP contribution is -2.50. The number of hydrogen-bond acceptors (Lipinski definition) is 4. The average Bonchev–Trinajstić information content (AvgIpc) is 2.61. The molecule has 0 saturated carbocycles. The number of carbonyl (C=O) groups excluding carboxylic acids is 2. The molecule has 2 aromatic rings. The Morgan fingerprint density at radius 1 is 1.04 bits per heavy atom. The number of rotatable bonds is 7. The van der Waals surface area contributed by atoms with Crippen LogP contribution in [0.1, 0.15) is 34.6 Å². The molecule has 0 radical (unpaired) electrons. The van der Waals surface area contributed by atoms with Crippen molar-refractivity contribution in [1.82, 2.24) is 9.88 Å². The van der Waals surface area contributed by atoms with Crippen molar-refractivity contribution >= 4 is 17.7 Å². The standard InChI is InChI=1S/C19H20N2O4/c1-13(2)17(19(24)25)21(18(23)15-9-6-10-20-11-15)12-16(22)14-7-4-3-5-8-14/h3-11,13,17H,12H2,1-2H3,(H,24,25). The van der Waals surface area contributed by atoms with E-state index in [1.54, 1.807) is 56.3 Å². The Hall–Kier alpha value is -3.02. The van der Waals surface area contributed by atoms with Crippen LogP contribution in [0.4, 0.5) is 0 Å². The number of carbonyl (C=O) groups is 3. The molecule has 1 N–H and O–H groups in total. The third-order valence-electron chi connectivity index (χ3n) is 3.80. The highest BCUT2D eigenvalue weighted by atomic mass is 16.4. The average molecular weight is 340 g/mol. The number of amides is 1. The number of aliphatic carboxylic acids is 1. The van der Waals surface area contributed by atoms with E-state index in [4.69, 9.17) is 0 Å². The highest BCUT2D eigenvalue weighted by Gasteiger charge is 2.34. The molecular formula is C19H20N2O4. The maximum absolute atomic E-state index is 12.8. The van der Waals surface area contributed by atoms with Crippen LogP contribution in [-0.2, 0) is 4.79 Å². The number of pyridine rings is 1. The van der Waals surface area contributed by atoms with Gasteiger partial charge in [0.2, 0.25) is 0 Å². The maximum atomic E-state index is 12.8. The van der Waals surface area contributed by atoms with Crippen LogP contribution >= 0.6 is 0 Å². The largest absolute Gasteiger partial charge is 0.480 e. The second-order valence-corrected chi connectivity index (χ2v) is 5.99. The lowest BCUT2D eigenvalue weighted by molar-refractivity contribution is -0.143. The van der Waals surface area contributed by atoms with Gasteiger partial charge in [-0.15, -0.1) is 0 Å². The number of Topliss-reactive ketones (excluding diaryl/α,β-unsaturated/α-hetero) is 1. The molecule has 6 heteroatoms. The van der Waals surface area contributed by atoms with Gasteiger partial charge in [-0.3, -0.25) is 14.6 Å². The predicted molar refractivity (Wildman–Crippen MR) is 92.3 cm³/mol. The molecule has 0 fully saturated rings. The van der Waals surface area contributed by atoms with E-state index in [-0.39, 0.29) is 23.8 Å². The van der Waals surface area contributed by atoms with E-state index < -0.39 is 17.9 Å². The Balaban J connectivity index is 2.36. The minimum Gasteiger partial charge on any atom is -0.480 e. The van der Waals surface area contributed by atoms with Crippen molar-refractivity contribution in [2.45, 2.75) is 19.9 Å². The summed E-state index contributed by atoms with van der Waals surface area (Å²) in [6.45, 7) is 3.09. The summed E-state index contributed by atoms with van der Waals surface area (Å²) in [6.07, 6.45) is 2.88. The number of nitrogens with zero attached hydrogens (tertiary/aromatic N) is 2. The van der Waals surface area contributed by atoms with Crippen LogP contribution in [0.3, 0.4) is 0 Å². The van der Waals surface area contributed by atoms with Gasteiger partial charge in [0.25, 0.3) is 5.91 Å². The number of ketones is 1. The van der Waals surface area contributed by atoms with Gasteiger partial charge in [0.15, 0.2) is 5.78 Å². The molecule has 1 heterocycles. The third kappa shape index (κ3) is 4.50. The molecule has 1 aromatic carbocycles. The van der Waals surface area contributed by atoms with E-state index in [1.807, 2.05) is 0 Å². The second-order valence-electron chi connectivity index (χ2n) is 5.99. The summed E-state index contributed by atoms with van der Waals surface area (Å²) in [5, 5.41) is 9.57. The number of carboxylic acid groups (broad SMARTS) is 1. The molecule has 25 heavy (non-hydrogen) atoms. The molecule has 1 aromatic heterocycles. The van der Waals surface area contributed by atoms with Crippen molar-refractivity contribution in [1.29, 1.82) is 0 Å². The second kappa shape index (κ2) is 8.19. The minimum atomic E-state index is -1.15. The minimum absolute atomic E-state index is 0.246. The number of carboxylic acids is 1. The Bertz CT molecular complexity index is 745. The smallest absolute Gasteiger partial charge is 0.326 e. The first-order chi connectivity index (χ1) is 11.9. The molecule has 0 aliphatic rings. The first-order valence-electron chi connectivity index (χ1n) is 7.94. The molecule has 1 unspecified atom stereocenters. The molecular weight excluding hydrogens is 320 g/mol. The summed E-state index contributed by atoms with van der Waals surface area (Å²) < 4.78 is 0. The van der Waals surface area contributed by atoms with Crippen molar-refractivity contribution in [3.63, 3.8) is 0 Å². The summed E-state index contributed by atoms with van der Waals surface area (Å²) in [7, 11) is 0. The molecule has 0 saturated heterocycles. The first kappa shape index (κ1) is 18.3. The van der Waals surface area contributed by atoms with Gasteiger partial charge in [-0.05, 0) is 18.1 Å². The van der Waals surface area contributed by atoms with E-state index >= 15 is 0 Å². The van der Waals surface area contributed by atoms with Crippen LogP contribution < -0.4 is 0 Å². The molecule has 1 atom stereocenters. The maximum Gasteiger partial charge on any atom is 0.326 e. The molecule has 0 aliphatic heterocycles. The van der Waals surface area contributed by atoms with E-state index in [9.17, 15) is 19.5 Å². The SMILES string of the molecule is CC(C)C(C(=O)O)N(CC(=O)c1ccccc1)C(=O)c1cccnc1. The number of aromatic nitrogens is 1. The zero-order valence-electron chi connectivity index (χ0n) is 14.1. The summed E-state index contributed by atoms with van der Waals surface area (Å²) in [4.78, 5) is 42.1. The summed E-state index contributed by atoms with van der Waals surface area (Å²) in [5.74, 6) is -2.35. The zero-order valence-corrected chi connectivity index (χ0v) is 14.1. The van der Waals surface area contributed by atoms with Crippen molar-refractivity contribution in [2.75, 3.05) is 6.54 Å². The normalized spacial score (nSPS) is 11.8. The van der Waals surface area contributed by atoms with Crippen LogP contribution in [0.2, 0.25) is 0 Å². The van der Waals surface area contributed by atoms with E-state index in [2.05, 4.69) is 4.98 Å². The van der Waals surface area contributed by atoms with Crippen LogP contribution in [0, 0.1) is 5.92 Å². The Morgan fingerprint density at radius 2 is 1.68 bits per heavy atom. The van der Waals surface area contributed by atoms with Crippen molar-refractivity contribution in [3.8, 4) is 0 Å². The van der Waals surface area contributed by atoms with E-state index in [0.29, 0.717) is 5.56 Å². The van der Waals surface area contributed by atoms with Crippen LogP contribution in [0.25, 0.3) is 0 Å². The van der Waals surface area contributed by atoms with Crippen LogP contribution in [-0.4, -0.2) is 45.2 Å². The molecule has 0 bridgehead atoms. The topological polar surface area (TPSA) is 87.6 Å². The van der Waals surface area contributed by atoms with Crippen molar-refractivity contribution in [3.05, 3.63) is 66.0 Å². The van der Waals surface area contributed by atoms with Gasteiger partial charge in [-0.2, -0.15) is 0 Å². The lowest BCUT2D eigenvalue weighted by Gasteiger charge is -2.31. The highest BCUT2D eigenvalue weighted by molar-refractivity contribution is 6.03. The van der Waals surface area contributed by atoms with Gasteiger partial charge in [0, 0.05) is 18.0 Å². The lowest BCUT2D eigenvalue weighted by atomic mass is 10.00. The van der Waals surface area contributed by atoms with Gasteiger partial charge in [0.1, 0.15) is 6.04 Å². The van der Waals surface area contributed by atoms with Crippen molar-refractivity contribution in [2.24, 2.45) is 5.92 Å². The summed E-state index contributed by atoms with van der Waals surface area (Å²) >= 11 is 0. The predicted octanol–water partition coefficient (Wildman–Crippen LogP) is 2.52. The van der Waals surface area contributed by atoms with Crippen molar-refractivity contribution < 1.29 is 19.5 Å². The summed E-state index contributed by atoms with van der Waals surface area (Å²) in [6, 6.07) is 10.5. The van der Waals surface area contributed by atoms with Crippen LogP contribution in [0.15, 0.2) is 54.9 Å². The molecule has 130 valence electrons. The molecule has 6 nitrogen and oxygen atoms in total.